The molecule has 82 valence electrons. The molecule has 0 aromatic rings. The highest BCUT2D eigenvalue weighted by Crippen LogP contribution is 2.08. The van der Waals surface area contributed by atoms with E-state index >= 15 is 0 Å². The van der Waals surface area contributed by atoms with Crippen molar-refractivity contribution in [2.24, 2.45) is 5.73 Å². The van der Waals surface area contributed by atoms with E-state index in [1.807, 2.05) is 0 Å². The van der Waals surface area contributed by atoms with Crippen LogP contribution in [-0.2, 0) is 0 Å². The molecule has 14 heavy (non-hydrogen) atoms. The smallest absolute Gasteiger partial charge is 0.0727 e. The summed E-state index contributed by atoms with van der Waals surface area (Å²) in [5.74, 6) is 0. The van der Waals surface area contributed by atoms with Gasteiger partial charge < -0.3 is 10.6 Å². The maximum atomic E-state index is 5.47. The van der Waals surface area contributed by atoms with E-state index in [2.05, 4.69) is 23.8 Å². The van der Waals surface area contributed by atoms with Crippen LogP contribution in [-0.4, -0.2) is 54.1 Å². The largest absolute Gasteiger partial charge is 0.393 e. The van der Waals surface area contributed by atoms with Crippen molar-refractivity contribution in [1.82, 2.24) is 9.80 Å². The summed E-state index contributed by atoms with van der Waals surface area (Å²) in [4.78, 5) is 5.55. The summed E-state index contributed by atoms with van der Waals surface area (Å²) in [6, 6.07) is 0.667. The van der Waals surface area contributed by atoms with Crippen molar-refractivity contribution in [2.45, 2.75) is 25.8 Å². The molecule has 1 atom stereocenters. The maximum Gasteiger partial charge on any atom is 0.0727 e. The number of hydrogen-bond acceptors (Lipinski definition) is 3. The molecular weight excluding hydrogens is 194 g/mol. The number of rotatable bonds is 4. The first kappa shape index (κ1) is 11.9. The fourth-order valence-electron chi connectivity index (χ4n) is 1.97. The minimum atomic E-state index is 0.645. The first-order valence-corrected chi connectivity index (χ1v) is 5.71. The summed E-state index contributed by atoms with van der Waals surface area (Å²) in [6.45, 7) is 6.95. The van der Waals surface area contributed by atoms with E-state index in [4.69, 9.17) is 18.0 Å². The van der Waals surface area contributed by atoms with Gasteiger partial charge in [-0.3, -0.25) is 4.90 Å². The molecule has 1 aliphatic rings. The first-order valence-electron chi connectivity index (χ1n) is 5.30. The van der Waals surface area contributed by atoms with Crippen LogP contribution in [0.3, 0.4) is 0 Å². The lowest BCUT2D eigenvalue weighted by Crippen LogP contribution is -2.50. The van der Waals surface area contributed by atoms with Crippen LogP contribution in [0.1, 0.15) is 19.8 Å². The first-order chi connectivity index (χ1) is 6.59. The van der Waals surface area contributed by atoms with Gasteiger partial charge in [0.25, 0.3) is 0 Å². The topological polar surface area (TPSA) is 32.5 Å². The Morgan fingerprint density at radius 3 is 2.79 bits per heavy atom. The van der Waals surface area contributed by atoms with Crippen LogP contribution in [0.2, 0.25) is 0 Å². The van der Waals surface area contributed by atoms with Crippen LogP contribution in [0.5, 0.6) is 0 Å². The van der Waals surface area contributed by atoms with Crippen molar-refractivity contribution in [1.29, 1.82) is 0 Å². The number of thiocarbonyl (C=S) groups is 1. The third-order valence-corrected chi connectivity index (χ3v) is 3.04. The average molecular weight is 215 g/mol. The van der Waals surface area contributed by atoms with Crippen molar-refractivity contribution in [3.05, 3.63) is 0 Å². The molecule has 1 saturated heterocycles. The predicted octanol–water partition coefficient (Wildman–Crippen LogP) is 0.689. The van der Waals surface area contributed by atoms with Crippen LogP contribution in [0.4, 0.5) is 0 Å². The van der Waals surface area contributed by atoms with Gasteiger partial charge in [-0.15, -0.1) is 0 Å². The molecule has 1 rings (SSSR count). The van der Waals surface area contributed by atoms with Crippen LogP contribution in [0, 0.1) is 0 Å². The molecule has 1 fully saturated rings. The Balaban J connectivity index is 2.20. The minimum absolute atomic E-state index is 0.645. The fraction of sp³-hybridized carbons (Fsp3) is 0.900. The number of nitrogens with zero attached hydrogens (tertiary/aromatic N) is 2. The van der Waals surface area contributed by atoms with Crippen LogP contribution >= 0.6 is 12.2 Å². The van der Waals surface area contributed by atoms with Crippen molar-refractivity contribution >= 4 is 17.2 Å². The minimum Gasteiger partial charge on any atom is -0.393 e. The van der Waals surface area contributed by atoms with Gasteiger partial charge in [0, 0.05) is 25.7 Å². The Labute approximate surface area is 92.2 Å². The van der Waals surface area contributed by atoms with E-state index in [0.29, 0.717) is 11.0 Å². The zero-order valence-corrected chi connectivity index (χ0v) is 10.0. The highest BCUT2D eigenvalue weighted by atomic mass is 32.1. The Kier molecular flexibility index (Phi) is 4.78. The summed E-state index contributed by atoms with van der Waals surface area (Å²) in [5, 5.41) is 0. The van der Waals surface area contributed by atoms with Crippen molar-refractivity contribution < 1.29 is 0 Å². The predicted molar refractivity (Wildman–Crippen MR) is 64.6 cm³/mol. The number of piperazine rings is 1. The second-order valence-corrected chi connectivity index (χ2v) is 4.74. The number of nitrogens with two attached hydrogens (primary N) is 1. The SMILES string of the molecule is CC1CN(C)CCN1CCCC(N)=S. The lowest BCUT2D eigenvalue weighted by molar-refractivity contribution is 0.0997. The molecule has 1 heterocycles. The molecule has 0 spiro atoms. The molecule has 0 aromatic carbocycles. The molecule has 3 nitrogen and oxygen atoms in total. The molecule has 0 aliphatic carbocycles. The van der Waals surface area contributed by atoms with Crippen LogP contribution in [0.15, 0.2) is 0 Å². The zero-order valence-electron chi connectivity index (χ0n) is 9.20. The van der Waals surface area contributed by atoms with Gasteiger partial charge in [-0.1, -0.05) is 12.2 Å². The highest BCUT2D eigenvalue weighted by Gasteiger charge is 2.20. The maximum absolute atomic E-state index is 5.47. The average Bonchev–Trinajstić information content (AvgIpc) is 2.08. The second kappa shape index (κ2) is 5.63. The van der Waals surface area contributed by atoms with Gasteiger partial charge in [-0.05, 0) is 33.4 Å². The van der Waals surface area contributed by atoms with Gasteiger partial charge >= 0.3 is 0 Å². The van der Waals surface area contributed by atoms with Crippen molar-refractivity contribution in [2.75, 3.05) is 33.2 Å². The zero-order chi connectivity index (χ0) is 10.6. The molecule has 2 N–H and O–H groups in total. The molecule has 4 heteroatoms. The molecule has 0 amide bonds. The Bertz CT molecular complexity index is 196. The Hall–Kier alpha value is -0.190. The number of hydrogen-bond donors (Lipinski definition) is 1. The van der Waals surface area contributed by atoms with Gasteiger partial charge in [0.15, 0.2) is 0 Å². The van der Waals surface area contributed by atoms with E-state index in [0.717, 1.165) is 19.4 Å². The molecular formula is C10H21N3S. The lowest BCUT2D eigenvalue weighted by Gasteiger charge is -2.38. The summed E-state index contributed by atoms with van der Waals surface area (Å²) >= 11 is 4.86. The fourth-order valence-corrected chi connectivity index (χ4v) is 2.11. The van der Waals surface area contributed by atoms with Crippen molar-refractivity contribution in [3.63, 3.8) is 0 Å². The molecule has 0 radical (unpaired) electrons. The van der Waals surface area contributed by atoms with E-state index in [-0.39, 0.29) is 0 Å². The number of likely N-dealkylation sites (N-methyl/N-ethyl adjacent to an activating group) is 1. The normalized spacial score (nSPS) is 25.1. The van der Waals surface area contributed by atoms with E-state index in [1.165, 1.54) is 19.6 Å². The van der Waals surface area contributed by atoms with Crippen molar-refractivity contribution in [3.8, 4) is 0 Å². The van der Waals surface area contributed by atoms with Gasteiger partial charge in [-0.2, -0.15) is 0 Å². The lowest BCUT2D eigenvalue weighted by atomic mass is 10.2. The summed E-state index contributed by atoms with van der Waals surface area (Å²) < 4.78 is 0. The van der Waals surface area contributed by atoms with E-state index in [1.54, 1.807) is 0 Å². The summed E-state index contributed by atoms with van der Waals surface area (Å²) in [6.07, 6.45) is 1.98. The van der Waals surface area contributed by atoms with Gasteiger partial charge in [0.05, 0.1) is 4.99 Å². The monoisotopic (exact) mass is 215 g/mol. The molecule has 0 aromatic heterocycles. The van der Waals surface area contributed by atoms with Crippen LogP contribution < -0.4 is 5.73 Å². The molecule has 1 aliphatic heterocycles. The second-order valence-electron chi connectivity index (χ2n) is 4.22. The Morgan fingerprint density at radius 2 is 2.21 bits per heavy atom. The third kappa shape index (κ3) is 3.90. The van der Waals surface area contributed by atoms with Gasteiger partial charge in [-0.25, -0.2) is 0 Å². The summed E-state index contributed by atoms with van der Waals surface area (Å²) in [7, 11) is 2.18. The van der Waals surface area contributed by atoms with Gasteiger partial charge in [0.1, 0.15) is 0 Å². The van der Waals surface area contributed by atoms with E-state index in [9.17, 15) is 0 Å². The summed E-state index contributed by atoms with van der Waals surface area (Å²) in [5.41, 5.74) is 5.47. The highest BCUT2D eigenvalue weighted by molar-refractivity contribution is 7.80. The van der Waals surface area contributed by atoms with E-state index < -0.39 is 0 Å². The van der Waals surface area contributed by atoms with Gasteiger partial charge in [0.2, 0.25) is 0 Å². The molecule has 1 unspecified atom stereocenters. The third-order valence-electron chi connectivity index (χ3n) is 2.84. The molecule has 0 bridgehead atoms. The quantitative estimate of drug-likeness (QED) is 0.699. The molecule has 0 saturated carbocycles. The Morgan fingerprint density at radius 1 is 1.50 bits per heavy atom. The van der Waals surface area contributed by atoms with Crippen LogP contribution in [0.25, 0.3) is 0 Å². The standard InChI is InChI=1S/C10H21N3S/c1-9-8-12(2)6-7-13(9)5-3-4-10(11)14/h9H,3-8H2,1-2H3,(H2,11,14).